The Morgan fingerprint density at radius 2 is 1.18 bits per heavy atom. The minimum atomic E-state index is -0.305. The molecule has 0 saturated heterocycles. The molecular formula is C34H36N2O4. The summed E-state index contributed by atoms with van der Waals surface area (Å²) >= 11 is 0. The molecule has 1 aromatic carbocycles. The molecule has 0 amide bonds. The van der Waals surface area contributed by atoms with E-state index in [9.17, 15) is 20.4 Å². The van der Waals surface area contributed by atoms with Crippen molar-refractivity contribution in [3.63, 3.8) is 0 Å². The SMILES string of the molecule is C=C(C)CC12C=CC(C1)c1c2c(O)n(Cc2cccc(Cn3c(O)c4c(c3O)C3(CC(=C)C)C=CC4C3)c2)c1O. The highest BCUT2D eigenvalue weighted by molar-refractivity contribution is 5.64. The summed E-state index contributed by atoms with van der Waals surface area (Å²) in [5.74, 6) is 0.695. The number of hydrogen-bond donors (Lipinski definition) is 4. The highest BCUT2D eigenvalue weighted by atomic mass is 16.3. The van der Waals surface area contributed by atoms with E-state index in [0.717, 1.165) is 70.2 Å². The molecular weight excluding hydrogens is 500 g/mol. The number of aromatic hydroxyl groups is 4. The van der Waals surface area contributed by atoms with Gasteiger partial charge >= 0.3 is 0 Å². The summed E-state index contributed by atoms with van der Waals surface area (Å²) in [7, 11) is 0. The Balaban J connectivity index is 1.19. The molecule has 4 unspecified atom stereocenters. The largest absolute Gasteiger partial charge is 0.494 e. The van der Waals surface area contributed by atoms with Gasteiger partial charge in [0.2, 0.25) is 0 Å². The molecule has 4 atom stereocenters. The number of fused-ring (bicyclic) bond motifs is 10. The molecule has 6 heteroatoms. The highest BCUT2D eigenvalue weighted by Crippen LogP contribution is 2.63. The van der Waals surface area contributed by atoms with Gasteiger partial charge in [0.1, 0.15) is 0 Å². The van der Waals surface area contributed by atoms with Gasteiger partial charge in [-0.3, -0.25) is 9.13 Å². The van der Waals surface area contributed by atoms with E-state index >= 15 is 0 Å². The average Bonchev–Trinajstić information content (AvgIpc) is 3.70. The summed E-state index contributed by atoms with van der Waals surface area (Å²) in [6.07, 6.45) is 11.9. The van der Waals surface area contributed by atoms with Crippen molar-refractivity contribution >= 4 is 0 Å². The van der Waals surface area contributed by atoms with Crippen LogP contribution in [0.2, 0.25) is 0 Å². The number of hydrogen-bond acceptors (Lipinski definition) is 4. The number of nitrogens with zero attached hydrogens (tertiary/aromatic N) is 2. The summed E-state index contributed by atoms with van der Waals surface area (Å²) in [5.41, 5.74) is 6.64. The number of rotatable bonds is 8. The lowest BCUT2D eigenvalue weighted by Crippen LogP contribution is -2.19. The molecule has 0 spiro atoms. The third-order valence-corrected chi connectivity index (χ3v) is 9.60. The smallest absolute Gasteiger partial charge is 0.198 e. The maximum atomic E-state index is 11.3. The molecule has 6 nitrogen and oxygen atoms in total. The van der Waals surface area contributed by atoms with E-state index in [2.05, 4.69) is 37.5 Å². The second-order valence-corrected chi connectivity index (χ2v) is 12.8. The summed E-state index contributed by atoms with van der Waals surface area (Å²) in [4.78, 5) is 0. The van der Waals surface area contributed by atoms with Crippen LogP contribution in [0.3, 0.4) is 0 Å². The molecule has 2 heterocycles. The Morgan fingerprint density at radius 3 is 1.57 bits per heavy atom. The van der Waals surface area contributed by atoms with Crippen LogP contribution in [0.1, 0.15) is 84.7 Å². The molecule has 40 heavy (non-hydrogen) atoms. The highest BCUT2D eigenvalue weighted by Gasteiger charge is 2.52. The minimum Gasteiger partial charge on any atom is -0.494 e. The summed E-state index contributed by atoms with van der Waals surface area (Å²) in [6.45, 7) is 12.8. The van der Waals surface area contributed by atoms with Crippen molar-refractivity contribution in [3.8, 4) is 23.5 Å². The first-order valence-corrected chi connectivity index (χ1v) is 14.1. The van der Waals surface area contributed by atoms with Crippen LogP contribution in [0.15, 0.2) is 72.9 Å². The van der Waals surface area contributed by atoms with Crippen LogP contribution in [0.4, 0.5) is 0 Å². The van der Waals surface area contributed by atoms with E-state index in [4.69, 9.17) is 0 Å². The van der Waals surface area contributed by atoms with E-state index in [1.807, 2.05) is 38.1 Å². The van der Waals surface area contributed by atoms with Gasteiger partial charge in [0.25, 0.3) is 0 Å². The molecule has 4 aliphatic rings. The van der Waals surface area contributed by atoms with Crippen molar-refractivity contribution in [2.45, 2.75) is 75.3 Å². The van der Waals surface area contributed by atoms with Crippen LogP contribution < -0.4 is 0 Å². The first-order valence-electron chi connectivity index (χ1n) is 14.1. The van der Waals surface area contributed by atoms with Gasteiger partial charge in [0, 0.05) is 44.9 Å². The van der Waals surface area contributed by atoms with Crippen molar-refractivity contribution in [2.75, 3.05) is 0 Å². The van der Waals surface area contributed by atoms with Gasteiger partial charge in [-0.05, 0) is 50.7 Å². The van der Waals surface area contributed by atoms with Crippen LogP contribution in [0, 0.1) is 0 Å². The molecule has 0 aliphatic heterocycles. The van der Waals surface area contributed by atoms with Gasteiger partial charge < -0.3 is 20.4 Å². The van der Waals surface area contributed by atoms with Gasteiger partial charge in [-0.15, -0.1) is 13.2 Å². The second-order valence-electron chi connectivity index (χ2n) is 12.8. The Bertz CT molecular complexity index is 1560. The Hall–Kier alpha value is -4.06. The zero-order chi connectivity index (χ0) is 28.1. The predicted octanol–water partition coefficient (Wildman–Crippen LogP) is 6.73. The van der Waals surface area contributed by atoms with Crippen molar-refractivity contribution in [1.82, 2.24) is 9.13 Å². The van der Waals surface area contributed by atoms with E-state index in [-0.39, 0.29) is 46.2 Å². The average molecular weight is 537 g/mol. The number of allylic oxidation sites excluding steroid dienone is 6. The maximum absolute atomic E-state index is 11.3. The Labute approximate surface area is 234 Å². The van der Waals surface area contributed by atoms with Crippen LogP contribution >= 0.6 is 0 Å². The maximum Gasteiger partial charge on any atom is 0.198 e. The first kappa shape index (κ1) is 24.9. The number of benzene rings is 1. The first-order chi connectivity index (χ1) is 19.0. The van der Waals surface area contributed by atoms with Crippen molar-refractivity contribution in [1.29, 1.82) is 0 Å². The van der Waals surface area contributed by atoms with Gasteiger partial charge in [-0.2, -0.15) is 0 Å². The monoisotopic (exact) mass is 536 g/mol. The van der Waals surface area contributed by atoms with Gasteiger partial charge in [0.05, 0.1) is 13.1 Å². The molecule has 2 aromatic heterocycles. The quantitative estimate of drug-likeness (QED) is 0.240. The van der Waals surface area contributed by atoms with E-state index in [1.54, 1.807) is 9.13 Å². The van der Waals surface area contributed by atoms with E-state index in [1.165, 1.54) is 0 Å². The molecule has 0 radical (unpaired) electrons. The fraction of sp³-hybridized carbons (Fsp3) is 0.353. The molecule has 4 aliphatic carbocycles. The van der Waals surface area contributed by atoms with Crippen LogP contribution in [0.25, 0.3) is 0 Å². The fourth-order valence-electron chi connectivity index (χ4n) is 8.34. The van der Waals surface area contributed by atoms with Crippen LogP contribution in [0.5, 0.6) is 23.5 Å². The van der Waals surface area contributed by atoms with Crippen molar-refractivity contribution in [3.05, 3.63) is 106 Å². The molecule has 4 N–H and O–H groups in total. The molecule has 206 valence electrons. The normalized spacial score (nSPS) is 26.6. The topological polar surface area (TPSA) is 90.8 Å². The standard InChI is InChI=1S/C34H36N2O4/c1-19(2)13-33-10-8-23(15-33)25-27(33)31(39)35(29(25)37)17-21-6-5-7-22(12-21)18-36-30(38)26-24-9-11-34(16-24,14-20(3)4)28(26)32(36)40/h5-12,23-24,37-40H,1,3,13-18H2,2,4H3. The molecule has 3 aromatic rings. The molecule has 4 bridgehead atoms. The fourth-order valence-corrected chi connectivity index (χ4v) is 8.34. The van der Waals surface area contributed by atoms with Crippen molar-refractivity contribution < 1.29 is 20.4 Å². The molecule has 0 saturated carbocycles. The third-order valence-electron chi connectivity index (χ3n) is 9.60. The van der Waals surface area contributed by atoms with Crippen molar-refractivity contribution in [2.24, 2.45) is 0 Å². The van der Waals surface area contributed by atoms with Gasteiger partial charge in [-0.1, -0.05) is 59.7 Å². The molecule has 7 rings (SSSR count). The predicted molar refractivity (Wildman–Crippen MR) is 155 cm³/mol. The Kier molecular flexibility index (Phi) is 5.13. The summed E-state index contributed by atoms with van der Waals surface area (Å²) < 4.78 is 3.19. The van der Waals surface area contributed by atoms with E-state index in [0.29, 0.717) is 13.1 Å². The lowest BCUT2D eigenvalue weighted by molar-refractivity contribution is 0.363. The second kappa shape index (κ2) is 8.23. The summed E-state index contributed by atoms with van der Waals surface area (Å²) in [5, 5.41) is 45.1. The lowest BCUT2D eigenvalue weighted by atomic mass is 9.78. The van der Waals surface area contributed by atoms with Gasteiger partial charge in [-0.25, -0.2) is 0 Å². The molecule has 0 fully saturated rings. The lowest BCUT2D eigenvalue weighted by Gasteiger charge is -2.25. The zero-order valence-electron chi connectivity index (χ0n) is 23.1. The minimum absolute atomic E-state index is 0.104. The zero-order valence-corrected chi connectivity index (χ0v) is 23.1. The third kappa shape index (κ3) is 3.28. The Morgan fingerprint density at radius 1 is 0.750 bits per heavy atom. The van der Waals surface area contributed by atoms with Crippen LogP contribution in [-0.4, -0.2) is 29.6 Å². The van der Waals surface area contributed by atoms with Gasteiger partial charge in [0.15, 0.2) is 23.5 Å². The van der Waals surface area contributed by atoms with E-state index < -0.39 is 0 Å². The van der Waals surface area contributed by atoms with Crippen LogP contribution in [-0.2, 0) is 23.9 Å². The summed E-state index contributed by atoms with van der Waals surface area (Å²) in [6, 6.07) is 7.86. The number of aromatic nitrogens is 2.